The van der Waals surface area contributed by atoms with Gasteiger partial charge in [-0.15, -0.1) is 0 Å². The molecule has 0 bridgehead atoms. The summed E-state index contributed by atoms with van der Waals surface area (Å²) in [5.74, 6) is 1.17. The largest absolute Gasteiger partial charge is 0.455 e. The second kappa shape index (κ2) is 7.08. The molecule has 1 aromatic carbocycles. The molecule has 0 atom stereocenters. The maximum Gasteiger partial charge on any atom is 0.328 e. The first-order valence-corrected chi connectivity index (χ1v) is 9.58. The molecular formula is C19H19N5O3S. The van der Waals surface area contributed by atoms with Crippen LogP contribution in [0.1, 0.15) is 16.3 Å². The highest BCUT2D eigenvalue weighted by molar-refractivity contribution is 7.98. The molecule has 28 heavy (non-hydrogen) atoms. The second-order valence-electron chi connectivity index (χ2n) is 6.43. The minimum Gasteiger partial charge on any atom is -0.455 e. The predicted octanol–water partition coefficient (Wildman–Crippen LogP) is 2.75. The van der Waals surface area contributed by atoms with Crippen molar-refractivity contribution >= 4 is 34.4 Å². The number of nitrogens with zero attached hydrogens (tertiary/aromatic N) is 4. The monoisotopic (exact) mass is 397 g/mol. The summed E-state index contributed by atoms with van der Waals surface area (Å²) in [5.41, 5.74) is 2.03. The highest BCUT2D eigenvalue weighted by atomic mass is 32.2. The molecular weight excluding hydrogens is 378 g/mol. The number of anilines is 1. The van der Waals surface area contributed by atoms with E-state index in [1.54, 1.807) is 53.7 Å². The molecule has 3 heterocycles. The SMILES string of the molecule is Cn1ccnc1SCc1ccc(C(=O)Nc2ccc3c(c2)n(C)c(=O)n3C)o1. The van der Waals surface area contributed by atoms with Gasteiger partial charge in [-0.2, -0.15) is 0 Å². The Morgan fingerprint density at radius 3 is 2.68 bits per heavy atom. The Kier molecular flexibility index (Phi) is 4.60. The Hall–Kier alpha value is -3.20. The normalized spacial score (nSPS) is 11.2. The summed E-state index contributed by atoms with van der Waals surface area (Å²) < 4.78 is 10.7. The third-order valence-corrected chi connectivity index (χ3v) is 5.62. The third-order valence-electron chi connectivity index (χ3n) is 4.54. The van der Waals surface area contributed by atoms with Crippen LogP contribution in [0.3, 0.4) is 0 Å². The molecule has 0 aliphatic heterocycles. The molecule has 0 radical (unpaired) electrons. The smallest absolute Gasteiger partial charge is 0.328 e. The maximum absolute atomic E-state index is 12.5. The standard InChI is InChI=1S/C19H19N5O3S/c1-22-9-8-20-18(22)28-11-13-5-7-16(27-13)17(25)21-12-4-6-14-15(10-12)24(3)19(26)23(14)2/h4-10H,11H2,1-3H3,(H,21,25). The molecule has 1 N–H and O–H groups in total. The number of nitrogens with one attached hydrogen (secondary N) is 1. The molecule has 0 aliphatic rings. The van der Waals surface area contributed by atoms with Crippen molar-refractivity contribution in [3.8, 4) is 0 Å². The van der Waals surface area contributed by atoms with Crippen LogP contribution in [0.15, 0.2) is 57.1 Å². The zero-order chi connectivity index (χ0) is 19.8. The Labute approximate surface area is 164 Å². The molecule has 4 rings (SSSR count). The number of fused-ring (bicyclic) bond motifs is 1. The van der Waals surface area contributed by atoms with E-state index in [-0.39, 0.29) is 17.4 Å². The molecule has 0 fully saturated rings. The lowest BCUT2D eigenvalue weighted by Crippen LogP contribution is -2.19. The number of aromatic nitrogens is 4. The van der Waals surface area contributed by atoms with Crippen LogP contribution in [0.2, 0.25) is 0 Å². The number of furan rings is 1. The van der Waals surface area contributed by atoms with Crippen molar-refractivity contribution in [3.05, 3.63) is 64.7 Å². The van der Waals surface area contributed by atoms with Gasteiger partial charge in [-0.1, -0.05) is 11.8 Å². The van der Waals surface area contributed by atoms with E-state index < -0.39 is 0 Å². The number of carbonyl (C=O) groups excluding carboxylic acids is 1. The zero-order valence-corrected chi connectivity index (χ0v) is 16.5. The van der Waals surface area contributed by atoms with E-state index >= 15 is 0 Å². The van der Waals surface area contributed by atoms with Gasteiger partial charge in [-0.3, -0.25) is 13.9 Å². The number of thioether (sulfide) groups is 1. The van der Waals surface area contributed by atoms with Crippen LogP contribution < -0.4 is 11.0 Å². The fourth-order valence-electron chi connectivity index (χ4n) is 2.98. The zero-order valence-electron chi connectivity index (χ0n) is 15.7. The van der Waals surface area contributed by atoms with Crippen molar-refractivity contribution in [2.75, 3.05) is 5.32 Å². The van der Waals surface area contributed by atoms with Gasteiger partial charge in [-0.25, -0.2) is 9.78 Å². The van der Waals surface area contributed by atoms with Crippen LogP contribution in [0.5, 0.6) is 0 Å². The van der Waals surface area contributed by atoms with Gasteiger partial charge in [0.2, 0.25) is 0 Å². The molecule has 8 nitrogen and oxygen atoms in total. The van der Waals surface area contributed by atoms with E-state index in [1.807, 2.05) is 23.9 Å². The average molecular weight is 397 g/mol. The molecule has 0 saturated carbocycles. The van der Waals surface area contributed by atoms with E-state index in [2.05, 4.69) is 10.3 Å². The number of aryl methyl sites for hydroxylation is 3. The van der Waals surface area contributed by atoms with Crippen LogP contribution in [0.4, 0.5) is 5.69 Å². The molecule has 1 amide bonds. The predicted molar refractivity (Wildman–Crippen MR) is 108 cm³/mol. The van der Waals surface area contributed by atoms with Crippen LogP contribution in [0, 0.1) is 0 Å². The van der Waals surface area contributed by atoms with Gasteiger partial charge in [-0.05, 0) is 30.3 Å². The number of hydrogen-bond acceptors (Lipinski definition) is 5. The van der Waals surface area contributed by atoms with Crippen molar-refractivity contribution in [1.82, 2.24) is 18.7 Å². The van der Waals surface area contributed by atoms with Crippen LogP contribution in [-0.2, 0) is 26.9 Å². The van der Waals surface area contributed by atoms with Gasteiger partial charge in [0.05, 0.1) is 16.8 Å². The quantitative estimate of drug-likeness (QED) is 0.523. The Bertz CT molecular complexity index is 1230. The summed E-state index contributed by atoms with van der Waals surface area (Å²) in [7, 11) is 5.35. The Balaban J connectivity index is 1.47. The highest BCUT2D eigenvalue weighted by Crippen LogP contribution is 2.23. The van der Waals surface area contributed by atoms with Gasteiger partial charge in [0.1, 0.15) is 5.76 Å². The Morgan fingerprint density at radius 2 is 1.93 bits per heavy atom. The summed E-state index contributed by atoms with van der Waals surface area (Å²) in [6, 6.07) is 8.79. The molecule has 0 spiro atoms. The van der Waals surface area contributed by atoms with Gasteiger partial charge in [0.25, 0.3) is 5.91 Å². The highest BCUT2D eigenvalue weighted by Gasteiger charge is 2.14. The first kappa shape index (κ1) is 18.2. The summed E-state index contributed by atoms with van der Waals surface area (Å²) in [5, 5.41) is 3.70. The molecule has 9 heteroatoms. The minimum absolute atomic E-state index is 0.112. The van der Waals surface area contributed by atoms with Gasteiger partial charge < -0.3 is 14.3 Å². The fraction of sp³-hybridized carbons (Fsp3) is 0.211. The van der Waals surface area contributed by atoms with E-state index in [4.69, 9.17) is 4.42 Å². The van der Waals surface area contributed by atoms with Crippen molar-refractivity contribution < 1.29 is 9.21 Å². The van der Waals surface area contributed by atoms with Gasteiger partial charge in [0, 0.05) is 39.2 Å². The first-order chi connectivity index (χ1) is 13.4. The van der Waals surface area contributed by atoms with Crippen molar-refractivity contribution in [2.24, 2.45) is 21.1 Å². The molecule has 144 valence electrons. The van der Waals surface area contributed by atoms with Gasteiger partial charge >= 0.3 is 5.69 Å². The number of imidazole rings is 2. The first-order valence-electron chi connectivity index (χ1n) is 8.59. The summed E-state index contributed by atoms with van der Waals surface area (Å²) in [6.45, 7) is 0. The topological polar surface area (TPSA) is 87.0 Å². The van der Waals surface area contributed by atoms with E-state index in [0.29, 0.717) is 17.2 Å². The number of amides is 1. The summed E-state index contributed by atoms with van der Waals surface area (Å²) in [4.78, 5) is 28.8. The molecule has 3 aromatic heterocycles. The van der Waals surface area contributed by atoms with E-state index in [0.717, 1.165) is 16.2 Å². The molecule has 4 aromatic rings. The molecule has 0 aliphatic carbocycles. The average Bonchev–Trinajstić information content (AvgIpc) is 3.37. The molecule has 0 saturated heterocycles. The lowest BCUT2D eigenvalue weighted by molar-refractivity contribution is 0.0995. The molecule has 0 unspecified atom stereocenters. The van der Waals surface area contributed by atoms with Crippen molar-refractivity contribution in [3.63, 3.8) is 0 Å². The number of rotatable bonds is 5. The van der Waals surface area contributed by atoms with Crippen molar-refractivity contribution in [1.29, 1.82) is 0 Å². The van der Waals surface area contributed by atoms with E-state index in [1.165, 1.54) is 11.8 Å². The second-order valence-corrected chi connectivity index (χ2v) is 7.38. The van der Waals surface area contributed by atoms with Crippen LogP contribution in [0.25, 0.3) is 11.0 Å². The van der Waals surface area contributed by atoms with Crippen LogP contribution >= 0.6 is 11.8 Å². The van der Waals surface area contributed by atoms with Crippen LogP contribution in [-0.4, -0.2) is 24.6 Å². The lowest BCUT2D eigenvalue weighted by atomic mass is 10.2. The van der Waals surface area contributed by atoms with Crippen molar-refractivity contribution in [2.45, 2.75) is 10.9 Å². The van der Waals surface area contributed by atoms with Gasteiger partial charge in [0.15, 0.2) is 10.9 Å². The summed E-state index contributed by atoms with van der Waals surface area (Å²) in [6.07, 6.45) is 3.62. The Morgan fingerprint density at radius 1 is 1.14 bits per heavy atom. The summed E-state index contributed by atoms with van der Waals surface area (Å²) >= 11 is 1.53. The van der Waals surface area contributed by atoms with E-state index in [9.17, 15) is 9.59 Å². The minimum atomic E-state index is -0.339. The fourth-order valence-corrected chi connectivity index (χ4v) is 3.81. The number of hydrogen-bond donors (Lipinski definition) is 1. The maximum atomic E-state index is 12.5. The number of benzene rings is 1. The number of carbonyl (C=O) groups is 1. The third kappa shape index (κ3) is 3.24. The lowest BCUT2D eigenvalue weighted by Gasteiger charge is -2.04.